The van der Waals surface area contributed by atoms with Crippen LogP contribution in [0.1, 0.15) is 0 Å². The van der Waals surface area contributed by atoms with E-state index in [1.54, 1.807) is 11.9 Å². The van der Waals surface area contributed by atoms with Crippen molar-refractivity contribution in [2.75, 3.05) is 19.4 Å². The van der Waals surface area contributed by atoms with Gasteiger partial charge in [-0.2, -0.15) is 0 Å². The summed E-state index contributed by atoms with van der Waals surface area (Å²) in [4.78, 5) is 1.19. The molecule has 0 bridgehead atoms. The second-order valence-electron chi connectivity index (χ2n) is 2.23. The van der Waals surface area contributed by atoms with Gasteiger partial charge in [0, 0.05) is 22.1 Å². The third kappa shape index (κ3) is 2.69. The van der Waals surface area contributed by atoms with E-state index in [4.69, 9.17) is 0 Å². The van der Waals surface area contributed by atoms with Crippen molar-refractivity contribution in [1.29, 1.82) is 0 Å². The summed E-state index contributed by atoms with van der Waals surface area (Å²) < 4.78 is 4.12. The van der Waals surface area contributed by atoms with Crippen molar-refractivity contribution in [3.8, 4) is 0 Å². The summed E-state index contributed by atoms with van der Waals surface area (Å²) in [6.07, 6.45) is 0. The molecule has 0 aliphatic heterocycles. The van der Waals surface area contributed by atoms with Crippen LogP contribution in [0, 0.1) is 0 Å². The average Bonchev–Trinajstić information content (AvgIpc) is 2.04. The minimum Gasteiger partial charge on any atom is -0.388 e. The molecule has 0 spiro atoms. The average molecular weight is 247 g/mol. The van der Waals surface area contributed by atoms with E-state index in [0.29, 0.717) is 0 Å². The molecule has 2 nitrogen and oxygen atoms in total. The van der Waals surface area contributed by atoms with Crippen LogP contribution in [0.3, 0.4) is 0 Å². The van der Waals surface area contributed by atoms with Gasteiger partial charge in [0.25, 0.3) is 0 Å². The first-order chi connectivity index (χ1) is 5.76. The van der Waals surface area contributed by atoms with E-state index >= 15 is 0 Å². The van der Waals surface area contributed by atoms with Crippen molar-refractivity contribution >= 4 is 33.6 Å². The van der Waals surface area contributed by atoms with Crippen molar-refractivity contribution in [1.82, 2.24) is 4.72 Å². The zero-order valence-corrected chi connectivity index (χ0v) is 9.42. The summed E-state index contributed by atoms with van der Waals surface area (Å²) >= 11 is 5.04. The van der Waals surface area contributed by atoms with Gasteiger partial charge in [0.1, 0.15) is 0 Å². The van der Waals surface area contributed by atoms with Crippen LogP contribution in [0.25, 0.3) is 0 Å². The third-order valence-corrected chi connectivity index (χ3v) is 2.51. The fourth-order valence-electron chi connectivity index (χ4n) is 0.884. The number of hydrogen-bond donors (Lipinski definition) is 2. The van der Waals surface area contributed by atoms with E-state index < -0.39 is 0 Å². The van der Waals surface area contributed by atoms with Crippen LogP contribution < -0.4 is 10.0 Å². The lowest BCUT2D eigenvalue weighted by molar-refractivity contribution is 1.27. The second-order valence-corrected chi connectivity index (χ2v) is 4.23. The maximum absolute atomic E-state index is 3.44. The summed E-state index contributed by atoms with van der Waals surface area (Å²) in [5.41, 5.74) is 1.11. The van der Waals surface area contributed by atoms with Gasteiger partial charge in [0.05, 0.1) is 0 Å². The van der Waals surface area contributed by atoms with E-state index in [1.807, 2.05) is 20.2 Å². The molecule has 0 aliphatic rings. The number of anilines is 1. The van der Waals surface area contributed by atoms with Gasteiger partial charge in [-0.1, -0.05) is 15.9 Å². The molecular formula is C8H11BrN2S. The van der Waals surface area contributed by atoms with Gasteiger partial charge in [-0.05, 0) is 37.2 Å². The molecule has 0 aliphatic carbocycles. The molecule has 0 saturated carbocycles. The zero-order chi connectivity index (χ0) is 8.97. The lowest BCUT2D eigenvalue weighted by Crippen LogP contribution is -1.92. The molecule has 12 heavy (non-hydrogen) atoms. The van der Waals surface area contributed by atoms with Gasteiger partial charge >= 0.3 is 0 Å². The predicted molar refractivity (Wildman–Crippen MR) is 58.6 cm³/mol. The van der Waals surface area contributed by atoms with Crippen molar-refractivity contribution < 1.29 is 0 Å². The standard InChI is InChI=1S/C8H11BrN2S/c1-10-7-3-6(9)4-8(5-7)12-11-2/h3-5,10-11H,1-2H3. The minimum absolute atomic E-state index is 1.09. The first-order valence-corrected chi connectivity index (χ1v) is 5.19. The highest BCUT2D eigenvalue weighted by molar-refractivity contribution is 9.10. The molecule has 4 heteroatoms. The van der Waals surface area contributed by atoms with E-state index in [-0.39, 0.29) is 0 Å². The molecule has 0 fully saturated rings. The lowest BCUT2D eigenvalue weighted by atomic mass is 10.3. The Morgan fingerprint density at radius 1 is 1.25 bits per heavy atom. The van der Waals surface area contributed by atoms with Gasteiger partial charge in [-0.15, -0.1) is 0 Å². The van der Waals surface area contributed by atoms with Crippen LogP contribution in [-0.4, -0.2) is 14.1 Å². The lowest BCUT2D eigenvalue weighted by Gasteiger charge is -2.04. The first kappa shape index (κ1) is 9.89. The molecule has 1 aromatic rings. The number of benzene rings is 1. The highest BCUT2D eigenvalue weighted by Crippen LogP contribution is 2.24. The zero-order valence-electron chi connectivity index (χ0n) is 7.02. The highest BCUT2D eigenvalue weighted by Gasteiger charge is 1.97. The second kappa shape index (κ2) is 4.74. The van der Waals surface area contributed by atoms with E-state index in [2.05, 4.69) is 38.1 Å². The van der Waals surface area contributed by atoms with Gasteiger partial charge in [0.2, 0.25) is 0 Å². The number of rotatable bonds is 3. The van der Waals surface area contributed by atoms with E-state index in [1.165, 1.54) is 4.90 Å². The number of halogens is 1. The van der Waals surface area contributed by atoms with Crippen LogP contribution in [0.4, 0.5) is 5.69 Å². The predicted octanol–water partition coefficient (Wildman–Crippen LogP) is 2.72. The Morgan fingerprint density at radius 3 is 2.58 bits per heavy atom. The third-order valence-electron chi connectivity index (χ3n) is 1.38. The molecule has 0 atom stereocenters. The fourth-order valence-corrected chi connectivity index (χ4v) is 2.14. The van der Waals surface area contributed by atoms with Gasteiger partial charge in [-0.3, -0.25) is 4.72 Å². The van der Waals surface area contributed by atoms with Crippen LogP contribution in [-0.2, 0) is 0 Å². The Morgan fingerprint density at radius 2 is 2.00 bits per heavy atom. The Labute approximate surface area is 85.4 Å². The first-order valence-electron chi connectivity index (χ1n) is 3.58. The molecule has 0 amide bonds. The Balaban J connectivity index is 2.90. The maximum Gasteiger partial charge on any atom is 0.0360 e. The van der Waals surface area contributed by atoms with E-state index in [0.717, 1.165) is 10.2 Å². The van der Waals surface area contributed by atoms with Crippen molar-refractivity contribution in [3.63, 3.8) is 0 Å². The summed E-state index contributed by atoms with van der Waals surface area (Å²) in [5, 5.41) is 3.10. The van der Waals surface area contributed by atoms with Crippen molar-refractivity contribution in [3.05, 3.63) is 22.7 Å². The van der Waals surface area contributed by atoms with Crippen LogP contribution >= 0.6 is 27.9 Å². The number of nitrogens with one attached hydrogen (secondary N) is 2. The molecule has 1 rings (SSSR count). The quantitative estimate of drug-likeness (QED) is 0.803. The summed E-state index contributed by atoms with van der Waals surface area (Å²) in [6, 6.07) is 6.20. The molecule has 0 saturated heterocycles. The van der Waals surface area contributed by atoms with Gasteiger partial charge in [-0.25, -0.2) is 0 Å². The van der Waals surface area contributed by atoms with Gasteiger partial charge < -0.3 is 5.32 Å². The highest BCUT2D eigenvalue weighted by atomic mass is 79.9. The summed E-state index contributed by atoms with van der Waals surface area (Å²) in [5.74, 6) is 0. The van der Waals surface area contributed by atoms with Crippen LogP contribution in [0.2, 0.25) is 0 Å². The number of hydrogen-bond acceptors (Lipinski definition) is 3. The largest absolute Gasteiger partial charge is 0.388 e. The monoisotopic (exact) mass is 246 g/mol. The Bertz CT molecular complexity index is 265. The topological polar surface area (TPSA) is 24.1 Å². The molecule has 1 aromatic carbocycles. The SMILES string of the molecule is CNSc1cc(Br)cc(NC)c1. The summed E-state index contributed by atoms with van der Waals surface area (Å²) in [6.45, 7) is 0. The molecule has 0 aromatic heterocycles. The van der Waals surface area contributed by atoms with Crippen molar-refractivity contribution in [2.45, 2.75) is 4.90 Å². The normalized spacial score (nSPS) is 9.92. The van der Waals surface area contributed by atoms with Gasteiger partial charge in [0.15, 0.2) is 0 Å². The Hall–Kier alpha value is -0.190. The minimum atomic E-state index is 1.09. The molecular weight excluding hydrogens is 236 g/mol. The molecule has 0 heterocycles. The molecule has 66 valence electrons. The molecule has 2 N–H and O–H groups in total. The summed E-state index contributed by atoms with van der Waals surface area (Å²) in [7, 11) is 3.82. The van der Waals surface area contributed by atoms with Crippen LogP contribution in [0.15, 0.2) is 27.6 Å². The van der Waals surface area contributed by atoms with Crippen molar-refractivity contribution in [2.24, 2.45) is 0 Å². The maximum atomic E-state index is 3.44. The van der Waals surface area contributed by atoms with E-state index in [9.17, 15) is 0 Å². The fraction of sp³-hybridized carbons (Fsp3) is 0.250. The Kier molecular flexibility index (Phi) is 3.91. The van der Waals surface area contributed by atoms with Crippen LogP contribution in [0.5, 0.6) is 0 Å². The smallest absolute Gasteiger partial charge is 0.0360 e. The molecule has 0 unspecified atom stereocenters. The molecule has 0 radical (unpaired) electrons.